The highest BCUT2D eigenvalue weighted by molar-refractivity contribution is 7.92. The minimum atomic E-state index is -4.14. The van der Waals surface area contributed by atoms with Gasteiger partial charge >= 0.3 is 0 Å². The molecule has 0 spiro atoms. The van der Waals surface area contributed by atoms with Crippen molar-refractivity contribution in [1.29, 1.82) is 0 Å². The van der Waals surface area contributed by atoms with Crippen LogP contribution in [0.2, 0.25) is 0 Å². The Kier molecular flexibility index (Phi) is 7.71. The molecule has 6 nitrogen and oxygen atoms in total. The first-order valence-electron chi connectivity index (χ1n) is 10.6. The number of nitrogens with one attached hydrogen (secondary N) is 1. The molecule has 1 N–H and O–H groups in total. The van der Waals surface area contributed by atoms with Crippen LogP contribution in [0.3, 0.4) is 0 Å². The minimum Gasteiger partial charge on any atom is -0.494 e. The van der Waals surface area contributed by atoms with Crippen molar-refractivity contribution in [3.8, 4) is 5.75 Å². The molecule has 0 fully saturated rings. The van der Waals surface area contributed by atoms with Crippen molar-refractivity contribution in [2.24, 2.45) is 0 Å². The minimum absolute atomic E-state index is 0.119. The first kappa shape index (κ1) is 24.3. The molecule has 174 valence electrons. The molecule has 0 unspecified atom stereocenters. The van der Waals surface area contributed by atoms with Crippen molar-refractivity contribution in [3.63, 3.8) is 0 Å². The van der Waals surface area contributed by atoms with E-state index in [1.54, 1.807) is 36.4 Å². The number of sulfonamides is 1. The second-order valence-electron chi connectivity index (χ2n) is 7.72. The maximum Gasteiger partial charge on any atom is 0.264 e. The molecule has 3 aromatic rings. The summed E-state index contributed by atoms with van der Waals surface area (Å²) in [4.78, 5) is 12.7. The number of amides is 1. The Morgan fingerprint density at radius 2 is 1.58 bits per heavy atom. The smallest absolute Gasteiger partial charge is 0.264 e. The Hall–Kier alpha value is -3.39. The standard InChI is InChI=1S/C25H27FN2O4S/c1-4-32-23-13-11-22(12-14-23)28(33(30,31)24-15-7-20(26)8-16-24)17-25(29)27-21-9-5-19(6-10-21)18(2)3/h5-16,18H,4,17H2,1-3H3,(H,27,29). The second kappa shape index (κ2) is 10.5. The van der Waals surface area contributed by atoms with E-state index < -0.39 is 28.3 Å². The summed E-state index contributed by atoms with van der Waals surface area (Å²) in [6.45, 7) is 6.00. The van der Waals surface area contributed by atoms with Gasteiger partial charge in [-0.25, -0.2) is 12.8 Å². The fourth-order valence-corrected chi connectivity index (χ4v) is 4.63. The molecule has 0 aliphatic rings. The largest absolute Gasteiger partial charge is 0.494 e. The van der Waals surface area contributed by atoms with Gasteiger partial charge in [0.05, 0.1) is 17.2 Å². The van der Waals surface area contributed by atoms with Gasteiger partial charge in [-0.1, -0.05) is 26.0 Å². The number of ether oxygens (including phenoxy) is 1. The van der Waals surface area contributed by atoms with E-state index in [1.807, 2.05) is 19.1 Å². The van der Waals surface area contributed by atoms with Crippen molar-refractivity contribution in [1.82, 2.24) is 0 Å². The zero-order valence-electron chi connectivity index (χ0n) is 18.8. The van der Waals surface area contributed by atoms with Crippen molar-refractivity contribution in [2.45, 2.75) is 31.6 Å². The average Bonchev–Trinajstić information content (AvgIpc) is 2.79. The highest BCUT2D eigenvalue weighted by Crippen LogP contribution is 2.26. The maximum absolute atomic E-state index is 13.4. The van der Waals surface area contributed by atoms with Crippen LogP contribution in [-0.4, -0.2) is 27.5 Å². The number of carbonyl (C=O) groups excluding carboxylic acids is 1. The van der Waals surface area contributed by atoms with Crippen LogP contribution in [0.1, 0.15) is 32.3 Å². The van der Waals surface area contributed by atoms with Crippen molar-refractivity contribution in [2.75, 3.05) is 22.8 Å². The van der Waals surface area contributed by atoms with Gasteiger partial charge in [-0.15, -0.1) is 0 Å². The first-order chi connectivity index (χ1) is 15.7. The van der Waals surface area contributed by atoms with E-state index in [0.29, 0.717) is 24.0 Å². The fourth-order valence-electron chi connectivity index (χ4n) is 3.21. The van der Waals surface area contributed by atoms with E-state index >= 15 is 0 Å². The zero-order valence-corrected chi connectivity index (χ0v) is 19.6. The molecule has 0 heterocycles. The number of hydrogen-bond acceptors (Lipinski definition) is 4. The quantitative estimate of drug-likeness (QED) is 0.467. The second-order valence-corrected chi connectivity index (χ2v) is 9.58. The monoisotopic (exact) mass is 470 g/mol. The van der Waals surface area contributed by atoms with Gasteiger partial charge < -0.3 is 10.1 Å². The summed E-state index contributed by atoms with van der Waals surface area (Å²) in [6.07, 6.45) is 0. The molecule has 3 aromatic carbocycles. The summed E-state index contributed by atoms with van der Waals surface area (Å²) in [6, 6.07) is 18.3. The summed E-state index contributed by atoms with van der Waals surface area (Å²) in [5.74, 6) is -0.128. The summed E-state index contributed by atoms with van der Waals surface area (Å²) in [7, 11) is -4.14. The Balaban J connectivity index is 1.89. The fraction of sp³-hybridized carbons (Fsp3) is 0.240. The summed E-state index contributed by atoms with van der Waals surface area (Å²) in [5.41, 5.74) is 1.98. The van der Waals surface area contributed by atoms with Crippen molar-refractivity contribution < 1.29 is 22.3 Å². The number of halogens is 1. The van der Waals surface area contributed by atoms with Crippen LogP contribution >= 0.6 is 0 Å². The predicted octanol–water partition coefficient (Wildman–Crippen LogP) is 5.18. The number of carbonyl (C=O) groups is 1. The van der Waals surface area contributed by atoms with Crippen LogP contribution in [0, 0.1) is 5.82 Å². The van der Waals surface area contributed by atoms with E-state index in [9.17, 15) is 17.6 Å². The van der Waals surface area contributed by atoms with Gasteiger partial charge in [0.15, 0.2) is 0 Å². The van der Waals surface area contributed by atoms with E-state index in [2.05, 4.69) is 19.2 Å². The number of nitrogens with zero attached hydrogens (tertiary/aromatic N) is 1. The molecule has 33 heavy (non-hydrogen) atoms. The molecule has 8 heteroatoms. The molecule has 0 saturated carbocycles. The lowest BCUT2D eigenvalue weighted by molar-refractivity contribution is -0.114. The SMILES string of the molecule is CCOc1ccc(N(CC(=O)Nc2ccc(C(C)C)cc2)S(=O)(=O)c2ccc(F)cc2)cc1. The lowest BCUT2D eigenvalue weighted by Crippen LogP contribution is -2.38. The third-order valence-corrected chi connectivity index (χ3v) is 6.77. The van der Waals surface area contributed by atoms with Crippen LogP contribution in [-0.2, 0) is 14.8 Å². The topological polar surface area (TPSA) is 75.7 Å². The van der Waals surface area contributed by atoms with Crippen LogP contribution < -0.4 is 14.4 Å². The van der Waals surface area contributed by atoms with E-state index in [0.717, 1.165) is 22.0 Å². The lowest BCUT2D eigenvalue weighted by Gasteiger charge is -2.24. The Morgan fingerprint density at radius 1 is 0.970 bits per heavy atom. The molecule has 0 atom stereocenters. The van der Waals surface area contributed by atoms with Gasteiger partial charge in [0.2, 0.25) is 5.91 Å². The van der Waals surface area contributed by atoms with Crippen molar-refractivity contribution in [3.05, 3.63) is 84.2 Å². The predicted molar refractivity (Wildman–Crippen MR) is 128 cm³/mol. The number of benzene rings is 3. The average molecular weight is 471 g/mol. The molecule has 3 rings (SSSR count). The number of hydrogen-bond donors (Lipinski definition) is 1. The van der Waals surface area contributed by atoms with Crippen LogP contribution in [0.25, 0.3) is 0 Å². The van der Waals surface area contributed by atoms with Gasteiger partial charge in [-0.3, -0.25) is 9.10 Å². The van der Waals surface area contributed by atoms with Crippen LogP contribution in [0.4, 0.5) is 15.8 Å². The zero-order chi connectivity index (χ0) is 24.0. The van der Waals surface area contributed by atoms with E-state index in [4.69, 9.17) is 4.74 Å². The normalized spacial score (nSPS) is 11.3. The Bertz CT molecular complexity index is 1180. The third kappa shape index (κ3) is 6.10. The summed E-state index contributed by atoms with van der Waals surface area (Å²) < 4.78 is 46.5. The molecular weight excluding hydrogens is 443 g/mol. The first-order valence-corrected chi connectivity index (χ1v) is 12.1. The van der Waals surface area contributed by atoms with Gasteiger partial charge in [-0.05, 0) is 79.1 Å². The Morgan fingerprint density at radius 3 is 2.12 bits per heavy atom. The van der Waals surface area contributed by atoms with Gasteiger partial charge in [0.25, 0.3) is 10.0 Å². The lowest BCUT2D eigenvalue weighted by atomic mass is 10.0. The maximum atomic E-state index is 13.4. The number of rotatable bonds is 9. The molecule has 0 saturated heterocycles. The third-order valence-electron chi connectivity index (χ3n) is 4.99. The Labute approximate surface area is 194 Å². The highest BCUT2D eigenvalue weighted by Gasteiger charge is 2.27. The van der Waals surface area contributed by atoms with Gasteiger partial charge in [0.1, 0.15) is 18.1 Å². The number of anilines is 2. The van der Waals surface area contributed by atoms with Gasteiger partial charge in [-0.2, -0.15) is 0 Å². The molecule has 0 aromatic heterocycles. The van der Waals surface area contributed by atoms with Crippen LogP contribution in [0.5, 0.6) is 5.75 Å². The van der Waals surface area contributed by atoms with Crippen molar-refractivity contribution >= 4 is 27.3 Å². The molecule has 0 aliphatic carbocycles. The molecule has 0 aliphatic heterocycles. The highest BCUT2D eigenvalue weighted by atomic mass is 32.2. The molecule has 0 radical (unpaired) electrons. The van der Waals surface area contributed by atoms with E-state index in [-0.39, 0.29) is 10.6 Å². The van der Waals surface area contributed by atoms with Gasteiger partial charge in [0, 0.05) is 5.69 Å². The molecule has 1 amide bonds. The van der Waals surface area contributed by atoms with E-state index in [1.165, 1.54) is 12.1 Å². The summed E-state index contributed by atoms with van der Waals surface area (Å²) in [5, 5.41) is 2.74. The molecular formula is C25H27FN2O4S. The van der Waals surface area contributed by atoms with Crippen LogP contribution in [0.15, 0.2) is 77.7 Å². The summed E-state index contributed by atoms with van der Waals surface area (Å²) >= 11 is 0. The molecule has 0 bridgehead atoms.